The Bertz CT molecular complexity index is 3090. The fraction of sp³-hybridized carbons (Fsp3) is 0.111. The molecule has 0 amide bonds. The number of hydrogen-bond acceptors (Lipinski definition) is 2. The van der Waals surface area contributed by atoms with Gasteiger partial charge in [0.2, 0.25) is 0 Å². The molecule has 10 aromatic rings. The molecular formula is C54H42BBrO2. The van der Waals surface area contributed by atoms with E-state index in [0.717, 1.165) is 5.46 Å². The standard InChI is InChI=1S/C30H27BO2.C24H15Br/c1-29(2)30(3,4)33-31(32-29)28-25-15-9-7-13-23(25)27(24-14-8-10-16-26(24)28)22-18-17-20-11-5-6-12-21(20)19-22;25-24-21-11-5-3-9-19(21)23(20-10-4-6-12-22(20)24)18-14-13-16-7-1-2-8-17(16)15-18/h5-19H,1-4H3;1-15H. The molecule has 58 heavy (non-hydrogen) atoms. The summed E-state index contributed by atoms with van der Waals surface area (Å²) in [5, 5.41) is 14.9. The van der Waals surface area contributed by atoms with Crippen molar-refractivity contribution in [1.29, 1.82) is 0 Å². The highest BCUT2D eigenvalue weighted by atomic mass is 79.9. The quantitative estimate of drug-likeness (QED) is 0.131. The Morgan fingerprint density at radius 2 is 0.672 bits per heavy atom. The first-order chi connectivity index (χ1) is 28.2. The summed E-state index contributed by atoms with van der Waals surface area (Å²) in [5.41, 5.74) is 5.38. The van der Waals surface area contributed by atoms with Gasteiger partial charge < -0.3 is 9.31 Å². The van der Waals surface area contributed by atoms with Gasteiger partial charge in [-0.05, 0) is 148 Å². The van der Waals surface area contributed by atoms with Gasteiger partial charge in [-0.1, -0.05) is 170 Å². The highest BCUT2D eigenvalue weighted by Gasteiger charge is 2.52. The highest BCUT2D eigenvalue weighted by Crippen LogP contribution is 2.43. The predicted molar refractivity (Wildman–Crippen MR) is 252 cm³/mol. The van der Waals surface area contributed by atoms with Crippen molar-refractivity contribution < 1.29 is 9.31 Å². The third-order valence-electron chi connectivity index (χ3n) is 12.4. The second-order valence-electron chi connectivity index (χ2n) is 16.4. The van der Waals surface area contributed by atoms with Crippen LogP contribution in [-0.4, -0.2) is 18.3 Å². The normalized spacial score (nSPS) is 14.7. The molecular weight excluding hydrogens is 771 g/mol. The summed E-state index contributed by atoms with van der Waals surface area (Å²) in [4.78, 5) is 0. The Kier molecular flexibility index (Phi) is 8.98. The molecule has 0 bridgehead atoms. The molecule has 1 heterocycles. The van der Waals surface area contributed by atoms with E-state index in [2.05, 4.69) is 226 Å². The van der Waals surface area contributed by atoms with Crippen LogP contribution in [0.4, 0.5) is 0 Å². The lowest BCUT2D eigenvalue weighted by Crippen LogP contribution is -2.41. The van der Waals surface area contributed by atoms with Crippen LogP contribution >= 0.6 is 15.9 Å². The minimum Gasteiger partial charge on any atom is -0.399 e. The van der Waals surface area contributed by atoms with Gasteiger partial charge in [0.15, 0.2) is 0 Å². The molecule has 0 unspecified atom stereocenters. The molecule has 0 atom stereocenters. The van der Waals surface area contributed by atoms with Gasteiger partial charge in [-0.15, -0.1) is 0 Å². The first-order valence-corrected chi connectivity index (χ1v) is 20.8. The molecule has 1 aliphatic rings. The van der Waals surface area contributed by atoms with E-state index in [4.69, 9.17) is 9.31 Å². The fourth-order valence-electron chi connectivity index (χ4n) is 8.76. The lowest BCUT2D eigenvalue weighted by atomic mass is 9.71. The summed E-state index contributed by atoms with van der Waals surface area (Å²) in [6, 6.07) is 65.2. The molecule has 0 radical (unpaired) electrons. The lowest BCUT2D eigenvalue weighted by molar-refractivity contribution is 0.00578. The third-order valence-corrected chi connectivity index (χ3v) is 13.3. The zero-order valence-electron chi connectivity index (χ0n) is 33.1. The summed E-state index contributed by atoms with van der Waals surface area (Å²) < 4.78 is 14.3. The van der Waals surface area contributed by atoms with E-state index in [1.165, 1.54) is 91.4 Å². The largest absolute Gasteiger partial charge is 0.496 e. The Morgan fingerprint density at radius 1 is 0.362 bits per heavy atom. The first kappa shape index (κ1) is 36.6. The van der Waals surface area contributed by atoms with Crippen LogP contribution in [0.1, 0.15) is 27.7 Å². The van der Waals surface area contributed by atoms with E-state index in [1.54, 1.807) is 0 Å². The van der Waals surface area contributed by atoms with Gasteiger partial charge in [-0.2, -0.15) is 0 Å². The predicted octanol–water partition coefficient (Wildman–Crippen LogP) is 14.7. The average molecular weight is 814 g/mol. The second kappa shape index (κ2) is 14.3. The minimum atomic E-state index is -0.421. The molecule has 10 aromatic carbocycles. The third kappa shape index (κ3) is 6.10. The highest BCUT2D eigenvalue weighted by molar-refractivity contribution is 9.10. The first-order valence-electron chi connectivity index (χ1n) is 20.0. The van der Waals surface area contributed by atoms with Crippen molar-refractivity contribution in [2.24, 2.45) is 0 Å². The number of hydrogen-bond donors (Lipinski definition) is 0. The number of rotatable bonds is 3. The van der Waals surface area contributed by atoms with Crippen LogP contribution in [0, 0.1) is 0 Å². The van der Waals surface area contributed by atoms with Gasteiger partial charge in [0.05, 0.1) is 11.2 Å². The van der Waals surface area contributed by atoms with Crippen molar-refractivity contribution in [2.75, 3.05) is 0 Å². The molecule has 0 N–H and O–H groups in total. The fourth-order valence-corrected chi connectivity index (χ4v) is 9.46. The maximum atomic E-state index is 6.55. The van der Waals surface area contributed by atoms with Gasteiger partial charge >= 0.3 is 7.12 Å². The Balaban J connectivity index is 0.000000146. The molecule has 4 heteroatoms. The van der Waals surface area contributed by atoms with E-state index >= 15 is 0 Å². The Labute approximate surface area is 348 Å². The molecule has 0 spiro atoms. The molecule has 1 saturated heterocycles. The molecule has 1 aliphatic heterocycles. The number of fused-ring (bicyclic) bond motifs is 6. The van der Waals surface area contributed by atoms with Crippen molar-refractivity contribution in [3.8, 4) is 22.3 Å². The number of halogens is 1. The van der Waals surface area contributed by atoms with Crippen LogP contribution in [0.5, 0.6) is 0 Å². The van der Waals surface area contributed by atoms with Crippen LogP contribution in [0.3, 0.4) is 0 Å². The maximum Gasteiger partial charge on any atom is 0.496 e. The van der Waals surface area contributed by atoms with Crippen LogP contribution in [-0.2, 0) is 9.31 Å². The molecule has 1 fully saturated rings. The number of benzene rings is 10. The molecule has 280 valence electrons. The van der Waals surface area contributed by atoms with Gasteiger partial charge in [-0.25, -0.2) is 0 Å². The van der Waals surface area contributed by atoms with Crippen LogP contribution in [0.2, 0.25) is 0 Å². The van der Waals surface area contributed by atoms with Crippen molar-refractivity contribution in [2.45, 2.75) is 38.9 Å². The average Bonchev–Trinajstić information content (AvgIpc) is 3.47. The van der Waals surface area contributed by atoms with Crippen molar-refractivity contribution in [3.63, 3.8) is 0 Å². The van der Waals surface area contributed by atoms with Crippen LogP contribution in [0.15, 0.2) is 186 Å². The van der Waals surface area contributed by atoms with E-state index in [9.17, 15) is 0 Å². The van der Waals surface area contributed by atoms with Crippen molar-refractivity contribution in [3.05, 3.63) is 186 Å². The molecule has 0 aromatic heterocycles. The topological polar surface area (TPSA) is 18.5 Å². The molecule has 0 saturated carbocycles. The monoisotopic (exact) mass is 812 g/mol. The molecule has 2 nitrogen and oxygen atoms in total. The van der Waals surface area contributed by atoms with E-state index in [0.29, 0.717) is 0 Å². The van der Waals surface area contributed by atoms with Crippen LogP contribution in [0.25, 0.3) is 86.9 Å². The zero-order valence-corrected chi connectivity index (χ0v) is 34.7. The Morgan fingerprint density at radius 3 is 1.07 bits per heavy atom. The van der Waals surface area contributed by atoms with Crippen molar-refractivity contribution >= 4 is 93.1 Å². The van der Waals surface area contributed by atoms with E-state index < -0.39 is 18.3 Å². The van der Waals surface area contributed by atoms with Crippen LogP contribution < -0.4 is 5.46 Å². The summed E-state index contributed by atoms with van der Waals surface area (Å²) in [6.45, 7) is 8.45. The smallest absolute Gasteiger partial charge is 0.399 e. The summed E-state index contributed by atoms with van der Waals surface area (Å²) in [5.74, 6) is 0. The minimum absolute atomic E-state index is 0.392. The second-order valence-corrected chi connectivity index (χ2v) is 17.2. The summed E-state index contributed by atoms with van der Waals surface area (Å²) in [7, 11) is -0.421. The van der Waals surface area contributed by atoms with E-state index in [1.807, 2.05) is 0 Å². The van der Waals surface area contributed by atoms with Gasteiger partial charge in [0.25, 0.3) is 0 Å². The molecule has 11 rings (SSSR count). The summed E-state index contributed by atoms with van der Waals surface area (Å²) >= 11 is 3.83. The van der Waals surface area contributed by atoms with Gasteiger partial charge in [0, 0.05) is 4.47 Å². The maximum absolute atomic E-state index is 6.55. The lowest BCUT2D eigenvalue weighted by Gasteiger charge is -2.32. The van der Waals surface area contributed by atoms with E-state index in [-0.39, 0.29) is 0 Å². The summed E-state index contributed by atoms with van der Waals surface area (Å²) in [6.07, 6.45) is 0. The Hall–Kier alpha value is -5.78. The van der Waals surface area contributed by atoms with Crippen molar-refractivity contribution in [1.82, 2.24) is 0 Å². The van der Waals surface area contributed by atoms with Gasteiger partial charge in [-0.3, -0.25) is 0 Å². The zero-order chi connectivity index (χ0) is 39.6. The molecule has 0 aliphatic carbocycles. The van der Waals surface area contributed by atoms with Gasteiger partial charge in [0.1, 0.15) is 0 Å². The SMILES string of the molecule is Brc1c2ccccc2c(-c2ccc3ccccc3c2)c2ccccc12.CC1(C)OB(c2c3ccccc3c(-c3ccc4ccccc4c3)c3ccccc23)OC1(C)C.